The molecule has 0 aromatic heterocycles. The van der Waals surface area contributed by atoms with Crippen molar-refractivity contribution in [2.24, 2.45) is 5.92 Å². The third kappa shape index (κ3) is 2.70. The molecule has 4 nitrogen and oxygen atoms in total. The Morgan fingerprint density at radius 1 is 1.67 bits per heavy atom. The molecular weight excluding hydrogens is 156 g/mol. The molecule has 1 saturated heterocycles. The summed E-state index contributed by atoms with van der Waals surface area (Å²) < 4.78 is 5.01. The van der Waals surface area contributed by atoms with E-state index in [0.717, 1.165) is 19.5 Å². The van der Waals surface area contributed by atoms with Crippen molar-refractivity contribution in [2.45, 2.75) is 20.3 Å². The van der Waals surface area contributed by atoms with Gasteiger partial charge in [0.25, 0.3) is 0 Å². The van der Waals surface area contributed by atoms with Crippen molar-refractivity contribution < 1.29 is 9.53 Å². The lowest BCUT2D eigenvalue weighted by molar-refractivity contribution is 0.0864. The summed E-state index contributed by atoms with van der Waals surface area (Å²) in [5.74, 6) is 0.400. The minimum atomic E-state index is -0.249. The highest BCUT2D eigenvalue weighted by molar-refractivity contribution is 5.67. The number of carbonyl (C=O) groups excluding carboxylic acids is 1. The number of hydrogen-bond acceptors (Lipinski definition) is 3. The number of nitrogens with zero attached hydrogens (tertiary/aromatic N) is 1. The van der Waals surface area contributed by atoms with Crippen molar-refractivity contribution in [3.8, 4) is 0 Å². The van der Waals surface area contributed by atoms with Crippen molar-refractivity contribution in [3.63, 3.8) is 0 Å². The predicted octanol–water partition coefficient (Wildman–Crippen LogP) is 0.989. The Balaban J connectivity index is 2.18. The van der Waals surface area contributed by atoms with Gasteiger partial charge in [-0.3, -0.25) is 0 Å². The van der Waals surface area contributed by atoms with Crippen molar-refractivity contribution in [1.82, 2.24) is 10.4 Å². The molecule has 0 bridgehead atoms. The van der Waals surface area contributed by atoms with E-state index in [9.17, 15) is 4.79 Å². The Morgan fingerprint density at radius 2 is 2.42 bits per heavy atom. The molecule has 1 N–H and O–H groups in total. The Labute approximate surface area is 72.8 Å². The quantitative estimate of drug-likeness (QED) is 0.675. The van der Waals surface area contributed by atoms with E-state index in [-0.39, 0.29) is 6.09 Å². The third-order valence-corrected chi connectivity index (χ3v) is 1.62. The van der Waals surface area contributed by atoms with E-state index in [1.54, 1.807) is 0 Å². The summed E-state index contributed by atoms with van der Waals surface area (Å²) >= 11 is 0. The maximum Gasteiger partial charge on any atom is 0.424 e. The number of hydrazine groups is 1. The molecule has 12 heavy (non-hydrogen) atoms. The SMILES string of the molecule is CC(C)COC(=O)N1CCCN1. The summed E-state index contributed by atoms with van der Waals surface area (Å²) in [4.78, 5) is 11.2. The van der Waals surface area contributed by atoms with Crippen LogP contribution in [-0.2, 0) is 4.74 Å². The van der Waals surface area contributed by atoms with Gasteiger partial charge in [-0.1, -0.05) is 13.8 Å². The smallest absolute Gasteiger partial charge is 0.424 e. The third-order valence-electron chi connectivity index (χ3n) is 1.62. The van der Waals surface area contributed by atoms with E-state index in [2.05, 4.69) is 5.43 Å². The molecule has 0 unspecified atom stereocenters. The lowest BCUT2D eigenvalue weighted by Crippen LogP contribution is -2.37. The van der Waals surface area contributed by atoms with Crippen molar-refractivity contribution >= 4 is 6.09 Å². The molecule has 0 aromatic carbocycles. The monoisotopic (exact) mass is 172 g/mol. The molecule has 70 valence electrons. The van der Waals surface area contributed by atoms with Crippen LogP contribution in [0.2, 0.25) is 0 Å². The van der Waals surface area contributed by atoms with E-state index in [1.807, 2.05) is 13.8 Å². The van der Waals surface area contributed by atoms with Crippen LogP contribution in [0.1, 0.15) is 20.3 Å². The van der Waals surface area contributed by atoms with Crippen LogP contribution in [-0.4, -0.2) is 30.8 Å². The lowest BCUT2D eigenvalue weighted by Gasteiger charge is -2.15. The van der Waals surface area contributed by atoms with Gasteiger partial charge in [-0.15, -0.1) is 0 Å². The highest BCUT2D eigenvalue weighted by Gasteiger charge is 2.18. The number of nitrogens with one attached hydrogen (secondary N) is 1. The van der Waals surface area contributed by atoms with E-state index in [0.29, 0.717) is 12.5 Å². The number of carbonyl (C=O) groups is 1. The zero-order valence-electron chi connectivity index (χ0n) is 7.67. The summed E-state index contributed by atoms with van der Waals surface area (Å²) in [6.45, 7) is 6.17. The number of rotatable bonds is 2. The molecule has 1 fully saturated rings. The van der Waals surface area contributed by atoms with Gasteiger partial charge in [-0.2, -0.15) is 0 Å². The van der Waals surface area contributed by atoms with Gasteiger partial charge in [0.2, 0.25) is 0 Å². The molecule has 1 amide bonds. The average molecular weight is 172 g/mol. The van der Waals surface area contributed by atoms with Gasteiger partial charge < -0.3 is 4.74 Å². The molecule has 0 spiro atoms. The second-order valence-electron chi connectivity index (χ2n) is 3.38. The molecule has 4 heteroatoms. The van der Waals surface area contributed by atoms with Gasteiger partial charge in [0.05, 0.1) is 6.61 Å². The van der Waals surface area contributed by atoms with Crippen LogP contribution < -0.4 is 5.43 Å². The Kier molecular flexibility index (Phi) is 3.34. The molecule has 0 saturated carbocycles. The van der Waals surface area contributed by atoms with Gasteiger partial charge in [0.15, 0.2) is 0 Å². The first-order chi connectivity index (χ1) is 5.70. The first kappa shape index (κ1) is 9.32. The van der Waals surface area contributed by atoms with Crippen LogP contribution in [0.5, 0.6) is 0 Å². The zero-order chi connectivity index (χ0) is 8.97. The first-order valence-corrected chi connectivity index (χ1v) is 4.38. The summed E-state index contributed by atoms with van der Waals surface area (Å²) in [6, 6.07) is 0. The summed E-state index contributed by atoms with van der Waals surface area (Å²) in [7, 11) is 0. The van der Waals surface area contributed by atoms with Crippen molar-refractivity contribution in [1.29, 1.82) is 0 Å². The van der Waals surface area contributed by atoms with E-state index >= 15 is 0 Å². The fraction of sp³-hybridized carbons (Fsp3) is 0.875. The Bertz CT molecular complexity index is 153. The first-order valence-electron chi connectivity index (χ1n) is 4.38. The van der Waals surface area contributed by atoms with Crippen LogP contribution >= 0.6 is 0 Å². The lowest BCUT2D eigenvalue weighted by atomic mass is 10.2. The minimum Gasteiger partial charge on any atom is -0.448 e. The molecule has 1 rings (SSSR count). The van der Waals surface area contributed by atoms with Crippen LogP contribution in [0.4, 0.5) is 4.79 Å². The average Bonchev–Trinajstić information content (AvgIpc) is 2.51. The van der Waals surface area contributed by atoms with Crippen LogP contribution in [0.3, 0.4) is 0 Å². The molecule has 1 aliphatic rings. The molecule has 0 radical (unpaired) electrons. The molecule has 1 heterocycles. The topological polar surface area (TPSA) is 41.6 Å². The summed E-state index contributed by atoms with van der Waals surface area (Å²) in [5, 5.41) is 1.53. The van der Waals surface area contributed by atoms with Crippen LogP contribution in [0.15, 0.2) is 0 Å². The van der Waals surface area contributed by atoms with Gasteiger partial charge in [-0.05, 0) is 12.3 Å². The minimum absolute atomic E-state index is 0.249. The van der Waals surface area contributed by atoms with Crippen molar-refractivity contribution in [3.05, 3.63) is 0 Å². The maximum atomic E-state index is 11.2. The van der Waals surface area contributed by atoms with Crippen LogP contribution in [0.25, 0.3) is 0 Å². The highest BCUT2D eigenvalue weighted by atomic mass is 16.6. The van der Waals surface area contributed by atoms with Gasteiger partial charge in [0, 0.05) is 13.1 Å². The van der Waals surface area contributed by atoms with E-state index in [1.165, 1.54) is 5.01 Å². The number of ether oxygens (including phenoxy) is 1. The summed E-state index contributed by atoms with van der Waals surface area (Å²) in [5.41, 5.74) is 2.94. The molecular formula is C8H16N2O2. The molecule has 0 atom stereocenters. The molecule has 0 aliphatic carbocycles. The predicted molar refractivity (Wildman–Crippen MR) is 45.5 cm³/mol. The Morgan fingerprint density at radius 3 is 2.92 bits per heavy atom. The fourth-order valence-corrected chi connectivity index (χ4v) is 1.00. The van der Waals surface area contributed by atoms with Gasteiger partial charge in [0.1, 0.15) is 0 Å². The standard InChI is InChI=1S/C8H16N2O2/c1-7(2)6-12-8(11)10-5-3-4-9-10/h7,9H,3-6H2,1-2H3. The molecule has 0 aromatic rings. The maximum absolute atomic E-state index is 11.2. The number of hydrogen-bond donors (Lipinski definition) is 1. The van der Waals surface area contributed by atoms with Gasteiger partial charge in [-0.25, -0.2) is 15.2 Å². The largest absolute Gasteiger partial charge is 0.448 e. The summed E-state index contributed by atoms with van der Waals surface area (Å²) in [6.07, 6.45) is 0.762. The van der Waals surface area contributed by atoms with E-state index < -0.39 is 0 Å². The van der Waals surface area contributed by atoms with Crippen molar-refractivity contribution in [2.75, 3.05) is 19.7 Å². The van der Waals surface area contributed by atoms with E-state index in [4.69, 9.17) is 4.74 Å². The Hall–Kier alpha value is -0.770. The van der Waals surface area contributed by atoms with Crippen LogP contribution in [0, 0.1) is 5.92 Å². The van der Waals surface area contributed by atoms with Gasteiger partial charge >= 0.3 is 6.09 Å². The molecule has 1 aliphatic heterocycles. The second kappa shape index (κ2) is 4.30. The number of amides is 1. The normalized spacial score (nSPS) is 17.1. The fourth-order valence-electron chi connectivity index (χ4n) is 1.00. The second-order valence-corrected chi connectivity index (χ2v) is 3.38. The zero-order valence-corrected chi connectivity index (χ0v) is 7.67. The highest BCUT2D eigenvalue weighted by Crippen LogP contribution is 2.01.